The number of aromatic nitrogens is 2. The molecule has 3 nitrogen and oxygen atoms in total. The van der Waals surface area contributed by atoms with Gasteiger partial charge >= 0.3 is 0 Å². The number of hydrogen-bond donors (Lipinski definition) is 0. The van der Waals surface area contributed by atoms with Crippen LogP contribution in [0.15, 0.2) is 82.7 Å². The predicted octanol–water partition coefficient (Wildman–Crippen LogP) is 5.98. The van der Waals surface area contributed by atoms with Crippen molar-refractivity contribution >= 4 is 45.9 Å². The van der Waals surface area contributed by atoms with E-state index in [0.29, 0.717) is 37.5 Å². The van der Waals surface area contributed by atoms with E-state index >= 15 is 0 Å². The van der Waals surface area contributed by atoms with Crippen molar-refractivity contribution in [2.24, 2.45) is 0 Å². The number of thioether (sulfide) groups is 1. The van der Waals surface area contributed by atoms with Crippen LogP contribution in [0, 0.1) is 0 Å². The molecule has 0 spiro atoms. The monoisotopic (exact) mass is 412 g/mol. The van der Waals surface area contributed by atoms with Crippen LogP contribution in [-0.4, -0.2) is 9.55 Å². The van der Waals surface area contributed by atoms with Crippen molar-refractivity contribution in [3.05, 3.63) is 98.8 Å². The lowest BCUT2D eigenvalue weighted by Crippen LogP contribution is -2.22. The van der Waals surface area contributed by atoms with Gasteiger partial charge in [-0.1, -0.05) is 71.4 Å². The second-order valence-corrected chi connectivity index (χ2v) is 7.70. The summed E-state index contributed by atoms with van der Waals surface area (Å²) in [6.45, 7) is 0. The van der Waals surface area contributed by atoms with Gasteiger partial charge in [0.2, 0.25) is 0 Å². The number of para-hydroxylation sites is 2. The summed E-state index contributed by atoms with van der Waals surface area (Å²) >= 11 is 13.8. The molecule has 0 fully saturated rings. The summed E-state index contributed by atoms with van der Waals surface area (Å²) in [6, 6.07) is 22.3. The number of nitrogens with zero attached hydrogens (tertiary/aromatic N) is 2. The Bertz CT molecular complexity index is 1170. The molecule has 1 heterocycles. The molecular formula is C21H14Cl2N2OS. The van der Waals surface area contributed by atoms with E-state index < -0.39 is 0 Å². The minimum absolute atomic E-state index is 0.132. The Morgan fingerprint density at radius 3 is 2.37 bits per heavy atom. The molecule has 6 heteroatoms. The maximum Gasteiger partial charge on any atom is 0.266 e. The van der Waals surface area contributed by atoms with Gasteiger partial charge in [-0.05, 0) is 42.0 Å². The lowest BCUT2D eigenvalue weighted by atomic mass is 10.2. The third-order valence-corrected chi connectivity index (χ3v) is 5.70. The van der Waals surface area contributed by atoms with E-state index in [1.807, 2.05) is 60.7 Å². The average Bonchev–Trinajstić information content (AvgIpc) is 2.69. The molecule has 0 saturated heterocycles. The first-order valence-electron chi connectivity index (χ1n) is 8.27. The van der Waals surface area contributed by atoms with E-state index in [0.717, 1.165) is 5.56 Å². The highest BCUT2D eigenvalue weighted by Crippen LogP contribution is 2.28. The number of halogens is 2. The summed E-state index contributed by atoms with van der Waals surface area (Å²) in [4.78, 5) is 17.9. The molecule has 0 amide bonds. The Hall–Kier alpha value is -2.27. The molecule has 4 aromatic rings. The van der Waals surface area contributed by atoms with Crippen LogP contribution in [0.3, 0.4) is 0 Å². The van der Waals surface area contributed by atoms with Gasteiger partial charge in [0.1, 0.15) is 0 Å². The number of fused-ring (bicyclic) bond motifs is 1. The van der Waals surface area contributed by atoms with Crippen LogP contribution >= 0.6 is 35.0 Å². The fourth-order valence-corrected chi connectivity index (χ4v) is 4.09. The van der Waals surface area contributed by atoms with Crippen molar-refractivity contribution in [1.82, 2.24) is 9.55 Å². The van der Waals surface area contributed by atoms with Gasteiger partial charge in [-0.15, -0.1) is 0 Å². The van der Waals surface area contributed by atoms with Crippen molar-refractivity contribution in [1.29, 1.82) is 0 Å². The van der Waals surface area contributed by atoms with Crippen molar-refractivity contribution in [2.75, 3.05) is 0 Å². The van der Waals surface area contributed by atoms with E-state index in [1.165, 1.54) is 11.8 Å². The van der Waals surface area contributed by atoms with Crippen LogP contribution in [0.1, 0.15) is 5.56 Å². The van der Waals surface area contributed by atoms with Gasteiger partial charge in [-0.25, -0.2) is 4.98 Å². The molecule has 4 rings (SSSR count). The molecule has 0 atom stereocenters. The zero-order valence-electron chi connectivity index (χ0n) is 14.1. The molecule has 0 radical (unpaired) electrons. The van der Waals surface area contributed by atoms with Gasteiger partial charge < -0.3 is 0 Å². The Morgan fingerprint density at radius 2 is 1.59 bits per heavy atom. The summed E-state index contributed by atoms with van der Waals surface area (Å²) in [7, 11) is 0. The van der Waals surface area contributed by atoms with Gasteiger partial charge in [0, 0.05) is 10.8 Å². The number of hydrogen-bond acceptors (Lipinski definition) is 3. The summed E-state index contributed by atoms with van der Waals surface area (Å²) < 4.78 is 1.59. The molecular weight excluding hydrogens is 399 g/mol. The normalized spacial score (nSPS) is 11.0. The molecule has 1 aromatic heterocycles. The van der Waals surface area contributed by atoms with Crippen LogP contribution in [-0.2, 0) is 5.75 Å². The van der Waals surface area contributed by atoms with Gasteiger partial charge in [-0.2, -0.15) is 0 Å². The molecule has 0 aliphatic heterocycles. The molecule has 0 bridgehead atoms. The average molecular weight is 413 g/mol. The van der Waals surface area contributed by atoms with Crippen molar-refractivity contribution in [2.45, 2.75) is 10.9 Å². The van der Waals surface area contributed by atoms with E-state index in [-0.39, 0.29) is 5.56 Å². The lowest BCUT2D eigenvalue weighted by Gasteiger charge is -2.14. The van der Waals surface area contributed by atoms with Crippen molar-refractivity contribution in [3.63, 3.8) is 0 Å². The van der Waals surface area contributed by atoms with E-state index in [4.69, 9.17) is 28.2 Å². The van der Waals surface area contributed by atoms with Gasteiger partial charge in [-0.3, -0.25) is 9.36 Å². The Morgan fingerprint density at radius 1 is 0.889 bits per heavy atom. The van der Waals surface area contributed by atoms with E-state index in [1.54, 1.807) is 16.7 Å². The van der Waals surface area contributed by atoms with Gasteiger partial charge in [0.25, 0.3) is 5.56 Å². The third-order valence-electron chi connectivity index (χ3n) is 4.12. The van der Waals surface area contributed by atoms with E-state index in [2.05, 4.69) is 0 Å². The second kappa shape index (κ2) is 7.77. The van der Waals surface area contributed by atoms with E-state index in [9.17, 15) is 4.79 Å². The van der Waals surface area contributed by atoms with Crippen LogP contribution < -0.4 is 5.56 Å². The first-order valence-corrected chi connectivity index (χ1v) is 10.0. The van der Waals surface area contributed by atoms with Crippen LogP contribution in [0.25, 0.3) is 16.6 Å². The highest BCUT2D eigenvalue weighted by atomic mass is 35.5. The molecule has 0 aliphatic carbocycles. The third kappa shape index (κ3) is 3.74. The van der Waals surface area contributed by atoms with Gasteiger partial charge in [0.05, 0.1) is 21.6 Å². The first-order chi connectivity index (χ1) is 13.1. The maximum atomic E-state index is 13.2. The zero-order chi connectivity index (χ0) is 18.8. The van der Waals surface area contributed by atoms with Crippen LogP contribution in [0.4, 0.5) is 0 Å². The quantitative estimate of drug-likeness (QED) is 0.305. The first kappa shape index (κ1) is 18.1. The highest BCUT2D eigenvalue weighted by Gasteiger charge is 2.15. The minimum atomic E-state index is -0.132. The summed E-state index contributed by atoms with van der Waals surface area (Å²) in [6.07, 6.45) is 0. The fraction of sp³-hybridized carbons (Fsp3) is 0.0476. The maximum absolute atomic E-state index is 13.2. The SMILES string of the molecule is O=c1c2ccccc2nc(SCc2ccc(Cl)cc2)n1-c1ccccc1Cl. The second-order valence-electron chi connectivity index (χ2n) is 5.92. The molecule has 0 aliphatic rings. The smallest absolute Gasteiger partial charge is 0.266 e. The number of benzene rings is 3. The fourth-order valence-electron chi connectivity index (χ4n) is 2.78. The minimum Gasteiger partial charge on any atom is -0.268 e. The molecule has 0 unspecified atom stereocenters. The molecule has 134 valence electrons. The Labute approximate surface area is 170 Å². The predicted molar refractivity (Wildman–Crippen MR) is 113 cm³/mol. The van der Waals surface area contributed by atoms with Crippen LogP contribution in [0.2, 0.25) is 10.0 Å². The lowest BCUT2D eigenvalue weighted by molar-refractivity contribution is 0.820. The molecule has 0 saturated carbocycles. The molecule has 3 aromatic carbocycles. The Kier molecular flexibility index (Phi) is 5.21. The molecule has 27 heavy (non-hydrogen) atoms. The topological polar surface area (TPSA) is 34.9 Å². The molecule has 0 N–H and O–H groups in total. The highest BCUT2D eigenvalue weighted by molar-refractivity contribution is 7.98. The van der Waals surface area contributed by atoms with Crippen molar-refractivity contribution in [3.8, 4) is 5.69 Å². The van der Waals surface area contributed by atoms with Crippen molar-refractivity contribution < 1.29 is 0 Å². The Balaban J connectivity index is 1.85. The summed E-state index contributed by atoms with van der Waals surface area (Å²) in [5.41, 5.74) is 2.26. The van der Waals surface area contributed by atoms with Gasteiger partial charge in [0.15, 0.2) is 5.16 Å². The summed E-state index contributed by atoms with van der Waals surface area (Å²) in [5, 5.41) is 2.36. The largest absolute Gasteiger partial charge is 0.268 e. The summed E-state index contributed by atoms with van der Waals surface area (Å²) in [5.74, 6) is 0.659. The number of rotatable bonds is 4. The van der Waals surface area contributed by atoms with Crippen LogP contribution in [0.5, 0.6) is 0 Å². The standard InChI is InChI=1S/C21H14Cl2N2OS/c22-15-11-9-14(10-12-15)13-27-21-24-18-7-3-1-5-16(18)20(26)25(21)19-8-4-2-6-17(19)23/h1-12H,13H2. The zero-order valence-corrected chi connectivity index (χ0v) is 16.4.